The zero-order valence-electron chi connectivity index (χ0n) is 18.9. The second kappa shape index (κ2) is 9.09. The molecule has 0 aliphatic carbocycles. The van der Waals surface area contributed by atoms with Crippen LogP contribution in [0.3, 0.4) is 0 Å². The lowest BCUT2D eigenvalue weighted by Gasteiger charge is -2.19. The largest absolute Gasteiger partial charge is 0.383 e. The number of fused-ring (bicyclic) bond motifs is 1. The van der Waals surface area contributed by atoms with E-state index in [0.717, 1.165) is 40.0 Å². The SMILES string of the molecule is CC(=O)Nc1nc2ccc(-c3cncc(NCCc4ccc(C(C)(C)C)cc4)c3)cc2s1. The molecule has 4 rings (SSSR count). The first-order valence-corrected chi connectivity index (χ1v) is 11.6. The van der Waals surface area contributed by atoms with Crippen LogP contribution in [0.2, 0.25) is 0 Å². The summed E-state index contributed by atoms with van der Waals surface area (Å²) in [6, 6.07) is 17.1. The van der Waals surface area contributed by atoms with Crippen LogP contribution in [0.4, 0.5) is 10.8 Å². The standard InChI is InChI=1S/C26H28N4OS/c1-17(31)29-25-30-23-10-7-19(14-24(23)32-25)20-13-22(16-27-15-20)28-12-11-18-5-8-21(9-6-18)26(2,3)4/h5-10,13-16,28H,11-12H2,1-4H3,(H,29,30,31). The molecule has 164 valence electrons. The van der Waals surface area contributed by atoms with Crippen LogP contribution in [-0.4, -0.2) is 22.4 Å². The van der Waals surface area contributed by atoms with Gasteiger partial charge in [-0.25, -0.2) is 4.98 Å². The van der Waals surface area contributed by atoms with Crippen molar-refractivity contribution >= 4 is 38.3 Å². The molecule has 5 nitrogen and oxygen atoms in total. The highest BCUT2D eigenvalue weighted by Crippen LogP contribution is 2.31. The van der Waals surface area contributed by atoms with Crippen LogP contribution < -0.4 is 10.6 Å². The van der Waals surface area contributed by atoms with Crippen molar-refractivity contribution in [2.45, 2.75) is 39.5 Å². The van der Waals surface area contributed by atoms with E-state index in [9.17, 15) is 4.79 Å². The summed E-state index contributed by atoms with van der Waals surface area (Å²) in [4.78, 5) is 20.2. The molecule has 0 spiro atoms. The zero-order chi connectivity index (χ0) is 22.7. The second-order valence-electron chi connectivity index (χ2n) is 8.97. The molecule has 0 saturated heterocycles. The Morgan fingerprint density at radius 1 is 1.00 bits per heavy atom. The summed E-state index contributed by atoms with van der Waals surface area (Å²) in [6.07, 6.45) is 4.67. The number of hydrogen-bond donors (Lipinski definition) is 2. The maximum atomic E-state index is 11.3. The number of carbonyl (C=O) groups is 1. The Hall–Kier alpha value is -3.25. The summed E-state index contributed by atoms with van der Waals surface area (Å²) in [5, 5.41) is 6.87. The third-order valence-electron chi connectivity index (χ3n) is 5.31. The van der Waals surface area contributed by atoms with Gasteiger partial charge in [-0.1, -0.05) is 62.4 Å². The molecule has 0 saturated carbocycles. The van der Waals surface area contributed by atoms with Crippen molar-refractivity contribution in [2.75, 3.05) is 17.2 Å². The van der Waals surface area contributed by atoms with Crippen molar-refractivity contribution in [3.05, 3.63) is 72.1 Å². The summed E-state index contributed by atoms with van der Waals surface area (Å²) in [6.45, 7) is 9.03. The van der Waals surface area contributed by atoms with Gasteiger partial charge in [0.1, 0.15) is 0 Å². The molecule has 2 N–H and O–H groups in total. The minimum atomic E-state index is -0.114. The zero-order valence-corrected chi connectivity index (χ0v) is 19.7. The first-order chi connectivity index (χ1) is 15.3. The van der Waals surface area contributed by atoms with E-state index in [-0.39, 0.29) is 11.3 Å². The first-order valence-electron chi connectivity index (χ1n) is 10.7. The van der Waals surface area contributed by atoms with Crippen molar-refractivity contribution in [3.63, 3.8) is 0 Å². The number of nitrogens with zero attached hydrogens (tertiary/aromatic N) is 2. The molecular weight excluding hydrogens is 416 g/mol. The van der Waals surface area contributed by atoms with Gasteiger partial charge in [0.2, 0.25) is 5.91 Å². The molecule has 0 fully saturated rings. The molecule has 0 atom stereocenters. The molecule has 2 aromatic carbocycles. The van der Waals surface area contributed by atoms with Gasteiger partial charge in [-0.2, -0.15) is 0 Å². The molecule has 32 heavy (non-hydrogen) atoms. The number of rotatable bonds is 6. The molecule has 0 aliphatic rings. The lowest BCUT2D eigenvalue weighted by Crippen LogP contribution is -2.11. The van der Waals surface area contributed by atoms with Crippen LogP contribution in [0.1, 0.15) is 38.8 Å². The first kappa shape index (κ1) is 22.0. The Balaban J connectivity index is 1.42. The van der Waals surface area contributed by atoms with Crippen molar-refractivity contribution < 1.29 is 4.79 Å². The summed E-state index contributed by atoms with van der Waals surface area (Å²) in [5.74, 6) is -0.114. The number of amides is 1. The Kier molecular flexibility index (Phi) is 6.24. The third-order valence-corrected chi connectivity index (χ3v) is 6.24. The predicted octanol–water partition coefficient (Wildman–Crippen LogP) is 6.27. The minimum absolute atomic E-state index is 0.114. The van der Waals surface area contributed by atoms with Crippen molar-refractivity contribution in [1.29, 1.82) is 0 Å². The van der Waals surface area contributed by atoms with E-state index in [1.165, 1.54) is 29.4 Å². The van der Waals surface area contributed by atoms with Gasteiger partial charge in [-0.15, -0.1) is 0 Å². The second-order valence-corrected chi connectivity index (χ2v) is 10.00. The average molecular weight is 445 g/mol. The topological polar surface area (TPSA) is 66.9 Å². The Bertz CT molecular complexity index is 1240. The molecular formula is C26H28N4OS. The smallest absolute Gasteiger partial charge is 0.223 e. The van der Waals surface area contributed by atoms with Crippen LogP contribution in [0.25, 0.3) is 21.3 Å². The number of hydrogen-bond acceptors (Lipinski definition) is 5. The monoisotopic (exact) mass is 444 g/mol. The average Bonchev–Trinajstić information content (AvgIpc) is 3.14. The lowest BCUT2D eigenvalue weighted by atomic mass is 9.86. The lowest BCUT2D eigenvalue weighted by molar-refractivity contribution is -0.114. The van der Waals surface area contributed by atoms with Crippen molar-refractivity contribution in [2.24, 2.45) is 0 Å². The van der Waals surface area contributed by atoms with Gasteiger partial charge in [0.15, 0.2) is 5.13 Å². The Labute approximate surface area is 192 Å². The van der Waals surface area contributed by atoms with Crippen molar-refractivity contribution in [3.8, 4) is 11.1 Å². The van der Waals surface area contributed by atoms with Crippen LogP contribution in [0.15, 0.2) is 60.9 Å². The van der Waals surface area contributed by atoms with E-state index in [1.54, 1.807) is 0 Å². The molecule has 4 aromatic rings. The van der Waals surface area contributed by atoms with E-state index in [0.29, 0.717) is 5.13 Å². The summed E-state index contributed by atoms with van der Waals surface area (Å²) in [5.41, 5.74) is 6.84. The van der Waals surface area contributed by atoms with Gasteiger partial charge < -0.3 is 10.6 Å². The van der Waals surface area contributed by atoms with E-state index in [1.807, 2.05) is 24.5 Å². The molecule has 0 unspecified atom stereocenters. The molecule has 0 radical (unpaired) electrons. The number of aromatic nitrogens is 2. The maximum Gasteiger partial charge on any atom is 0.223 e. The van der Waals surface area contributed by atoms with Gasteiger partial charge >= 0.3 is 0 Å². The molecule has 1 amide bonds. The summed E-state index contributed by atoms with van der Waals surface area (Å²) < 4.78 is 1.03. The molecule has 0 aliphatic heterocycles. The van der Waals surface area contributed by atoms with E-state index in [4.69, 9.17) is 0 Å². The van der Waals surface area contributed by atoms with Crippen LogP contribution in [0, 0.1) is 0 Å². The summed E-state index contributed by atoms with van der Waals surface area (Å²) in [7, 11) is 0. The predicted molar refractivity (Wildman–Crippen MR) is 134 cm³/mol. The van der Waals surface area contributed by atoms with E-state index >= 15 is 0 Å². The van der Waals surface area contributed by atoms with Crippen LogP contribution in [0.5, 0.6) is 0 Å². The molecule has 2 heterocycles. The highest BCUT2D eigenvalue weighted by molar-refractivity contribution is 7.22. The number of carbonyl (C=O) groups excluding carboxylic acids is 1. The number of pyridine rings is 1. The summed E-state index contributed by atoms with van der Waals surface area (Å²) >= 11 is 1.47. The number of benzene rings is 2. The number of nitrogens with one attached hydrogen (secondary N) is 2. The minimum Gasteiger partial charge on any atom is -0.383 e. The quantitative estimate of drug-likeness (QED) is 0.368. The van der Waals surface area contributed by atoms with Gasteiger partial charge in [0.25, 0.3) is 0 Å². The molecule has 2 aromatic heterocycles. The fraction of sp³-hybridized carbons (Fsp3) is 0.269. The van der Waals surface area contributed by atoms with E-state index in [2.05, 4.69) is 77.8 Å². The van der Waals surface area contributed by atoms with Gasteiger partial charge in [-0.3, -0.25) is 9.78 Å². The molecule has 0 bridgehead atoms. The highest BCUT2D eigenvalue weighted by Gasteiger charge is 2.12. The van der Waals surface area contributed by atoms with E-state index < -0.39 is 0 Å². The van der Waals surface area contributed by atoms with Gasteiger partial charge in [-0.05, 0) is 46.7 Å². The normalized spacial score (nSPS) is 11.5. The Morgan fingerprint density at radius 2 is 1.78 bits per heavy atom. The van der Waals surface area contributed by atoms with Gasteiger partial charge in [0.05, 0.1) is 15.9 Å². The van der Waals surface area contributed by atoms with Crippen molar-refractivity contribution in [1.82, 2.24) is 9.97 Å². The molecule has 6 heteroatoms. The highest BCUT2D eigenvalue weighted by atomic mass is 32.1. The fourth-order valence-corrected chi connectivity index (χ4v) is 4.48. The van der Waals surface area contributed by atoms with Crippen LogP contribution >= 0.6 is 11.3 Å². The third kappa shape index (κ3) is 5.32. The number of thiazole rings is 1. The number of anilines is 2. The van der Waals surface area contributed by atoms with Crippen LogP contribution in [-0.2, 0) is 16.6 Å². The maximum absolute atomic E-state index is 11.3. The Morgan fingerprint density at radius 3 is 2.50 bits per heavy atom. The fourth-order valence-electron chi connectivity index (χ4n) is 3.53. The van der Waals surface area contributed by atoms with Gasteiger partial charge in [0, 0.05) is 31.4 Å².